The summed E-state index contributed by atoms with van der Waals surface area (Å²) in [6, 6.07) is 3.79. The number of aromatic nitrogens is 4. The van der Waals surface area contributed by atoms with Gasteiger partial charge in [0.05, 0.1) is 22.1 Å². The Morgan fingerprint density at radius 3 is 2.85 bits per heavy atom. The number of non-ortho nitro benzene ring substituents is 1. The average molecular weight is 297 g/mol. The van der Waals surface area contributed by atoms with Gasteiger partial charge in [-0.1, -0.05) is 11.6 Å². The highest BCUT2D eigenvalue weighted by Gasteiger charge is 2.13. The normalized spacial score (nSPS) is 10.3. The third kappa shape index (κ3) is 3.06. The van der Waals surface area contributed by atoms with E-state index in [4.69, 9.17) is 11.6 Å². The highest BCUT2D eigenvalue weighted by atomic mass is 35.5. The first-order valence-electron chi connectivity index (χ1n) is 5.42. The molecule has 0 saturated carbocycles. The molecule has 0 unspecified atom stereocenters. The molecule has 0 atom stereocenters. The Hall–Kier alpha value is -2.55. The van der Waals surface area contributed by atoms with Crippen LogP contribution < -0.4 is 5.32 Å². The number of nitro groups is 1. The molecule has 1 aromatic carbocycles. The molecule has 0 aliphatic heterocycles. The summed E-state index contributed by atoms with van der Waals surface area (Å²) in [5.41, 5.74) is 0.142. The Morgan fingerprint density at radius 1 is 1.55 bits per heavy atom. The summed E-state index contributed by atoms with van der Waals surface area (Å²) < 4.78 is 1.37. The molecule has 0 radical (unpaired) electrons. The van der Waals surface area contributed by atoms with Crippen LogP contribution in [0.25, 0.3) is 0 Å². The molecule has 20 heavy (non-hydrogen) atoms. The number of carbonyl (C=O) groups is 1. The molecule has 0 saturated heterocycles. The second-order valence-corrected chi connectivity index (χ2v) is 4.27. The van der Waals surface area contributed by atoms with E-state index in [0.29, 0.717) is 5.82 Å². The quantitative estimate of drug-likeness (QED) is 0.663. The fraction of sp³-hybridized carbons (Fsp3) is 0.200. The maximum absolute atomic E-state index is 11.8. The minimum atomic E-state index is -0.567. The molecule has 0 aliphatic rings. The van der Waals surface area contributed by atoms with Crippen molar-refractivity contribution in [1.29, 1.82) is 0 Å². The SMILES string of the molecule is Cn1nnnc1CC(=O)Nc1ccc([N+](=O)[O-])cc1Cl. The van der Waals surface area contributed by atoms with Gasteiger partial charge >= 0.3 is 0 Å². The van der Waals surface area contributed by atoms with Gasteiger partial charge in [-0.2, -0.15) is 0 Å². The summed E-state index contributed by atoms with van der Waals surface area (Å²) in [5, 5.41) is 23.9. The summed E-state index contributed by atoms with van der Waals surface area (Å²) >= 11 is 5.87. The zero-order valence-corrected chi connectivity index (χ0v) is 11.0. The highest BCUT2D eigenvalue weighted by Crippen LogP contribution is 2.26. The minimum Gasteiger partial charge on any atom is -0.324 e. The lowest BCUT2D eigenvalue weighted by Crippen LogP contribution is -2.17. The van der Waals surface area contributed by atoms with E-state index in [1.807, 2.05) is 0 Å². The first-order valence-corrected chi connectivity index (χ1v) is 5.80. The van der Waals surface area contributed by atoms with Crippen LogP contribution in [-0.4, -0.2) is 31.0 Å². The van der Waals surface area contributed by atoms with Crippen LogP contribution in [0.5, 0.6) is 0 Å². The topological polar surface area (TPSA) is 116 Å². The Kier molecular flexibility index (Phi) is 3.89. The van der Waals surface area contributed by atoms with Crippen molar-refractivity contribution in [2.75, 3.05) is 5.32 Å². The summed E-state index contributed by atoms with van der Waals surface area (Å²) in [7, 11) is 1.61. The van der Waals surface area contributed by atoms with Crippen LogP contribution in [0, 0.1) is 10.1 Å². The van der Waals surface area contributed by atoms with E-state index in [2.05, 4.69) is 20.8 Å². The molecule has 1 aromatic heterocycles. The van der Waals surface area contributed by atoms with E-state index >= 15 is 0 Å². The lowest BCUT2D eigenvalue weighted by molar-refractivity contribution is -0.384. The summed E-state index contributed by atoms with van der Waals surface area (Å²) in [6.07, 6.45) is -0.0309. The lowest BCUT2D eigenvalue weighted by atomic mass is 10.2. The van der Waals surface area contributed by atoms with Crippen LogP contribution in [0.1, 0.15) is 5.82 Å². The molecule has 0 fully saturated rings. The molecule has 10 heteroatoms. The number of hydrogen-bond acceptors (Lipinski definition) is 6. The smallest absolute Gasteiger partial charge is 0.271 e. The van der Waals surface area contributed by atoms with E-state index in [-0.39, 0.29) is 28.7 Å². The number of hydrogen-bond donors (Lipinski definition) is 1. The maximum Gasteiger partial charge on any atom is 0.271 e. The number of anilines is 1. The first kappa shape index (κ1) is 13.9. The molecule has 0 aliphatic carbocycles. The highest BCUT2D eigenvalue weighted by molar-refractivity contribution is 6.33. The van der Waals surface area contributed by atoms with E-state index in [0.717, 1.165) is 0 Å². The van der Waals surface area contributed by atoms with Crippen molar-refractivity contribution >= 4 is 28.9 Å². The van der Waals surface area contributed by atoms with Crippen molar-refractivity contribution in [2.24, 2.45) is 7.05 Å². The van der Waals surface area contributed by atoms with Crippen LogP contribution in [0.2, 0.25) is 5.02 Å². The second kappa shape index (κ2) is 5.61. The van der Waals surface area contributed by atoms with Gasteiger partial charge in [-0.25, -0.2) is 4.68 Å². The lowest BCUT2D eigenvalue weighted by Gasteiger charge is -2.06. The Labute approximate surface area is 117 Å². The zero-order valence-electron chi connectivity index (χ0n) is 10.3. The number of halogens is 1. The van der Waals surface area contributed by atoms with E-state index in [1.165, 1.54) is 22.9 Å². The van der Waals surface area contributed by atoms with Gasteiger partial charge < -0.3 is 5.32 Å². The van der Waals surface area contributed by atoms with Crippen LogP contribution >= 0.6 is 11.6 Å². The molecule has 1 heterocycles. The standard InChI is InChI=1S/C10H9ClN6O3/c1-16-9(13-14-15-16)5-10(18)12-8-3-2-6(17(19)20)4-7(8)11/h2-4H,5H2,1H3,(H,12,18). The van der Waals surface area contributed by atoms with Crippen molar-refractivity contribution in [3.05, 3.63) is 39.2 Å². The number of aryl methyl sites for hydroxylation is 1. The summed E-state index contributed by atoms with van der Waals surface area (Å²) in [5.74, 6) is 0.0131. The Bertz CT molecular complexity index is 671. The molecular formula is C10H9ClN6O3. The largest absolute Gasteiger partial charge is 0.324 e. The van der Waals surface area contributed by atoms with Gasteiger partial charge in [0, 0.05) is 19.2 Å². The first-order chi connectivity index (χ1) is 9.47. The van der Waals surface area contributed by atoms with Crippen molar-refractivity contribution in [3.63, 3.8) is 0 Å². The number of rotatable bonds is 4. The number of benzene rings is 1. The zero-order chi connectivity index (χ0) is 14.7. The predicted octanol–water partition coefficient (Wildman–Crippen LogP) is 0.953. The van der Waals surface area contributed by atoms with Crippen molar-refractivity contribution < 1.29 is 9.72 Å². The molecule has 9 nitrogen and oxygen atoms in total. The van der Waals surface area contributed by atoms with Gasteiger partial charge in [0.1, 0.15) is 0 Å². The van der Waals surface area contributed by atoms with Crippen LogP contribution in [0.3, 0.4) is 0 Å². The van der Waals surface area contributed by atoms with Gasteiger partial charge in [-0.15, -0.1) is 5.10 Å². The molecule has 2 aromatic rings. The van der Waals surface area contributed by atoms with E-state index in [1.54, 1.807) is 7.05 Å². The molecular weight excluding hydrogens is 288 g/mol. The molecule has 104 valence electrons. The number of carbonyl (C=O) groups excluding carboxylic acids is 1. The van der Waals surface area contributed by atoms with Crippen molar-refractivity contribution in [1.82, 2.24) is 20.2 Å². The van der Waals surface area contributed by atoms with Crippen LogP contribution in [0.15, 0.2) is 18.2 Å². The van der Waals surface area contributed by atoms with E-state index in [9.17, 15) is 14.9 Å². The van der Waals surface area contributed by atoms with E-state index < -0.39 is 4.92 Å². The van der Waals surface area contributed by atoms with Gasteiger partial charge in [0.2, 0.25) is 5.91 Å². The Balaban J connectivity index is 2.08. The van der Waals surface area contributed by atoms with Crippen LogP contribution in [0.4, 0.5) is 11.4 Å². The number of nitrogens with one attached hydrogen (secondary N) is 1. The predicted molar refractivity (Wildman–Crippen MR) is 69.2 cm³/mol. The number of tetrazole rings is 1. The number of amides is 1. The van der Waals surface area contributed by atoms with Gasteiger partial charge in [-0.3, -0.25) is 14.9 Å². The maximum atomic E-state index is 11.8. The molecule has 1 amide bonds. The van der Waals surface area contributed by atoms with Gasteiger partial charge in [0.25, 0.3) is 5.69 Å². The number of nitro benzene ring substituents is 1. The monoisotopic (exact) mass is 296 g/mol. The molecule has 0 spiro atoms. The third-order valence-electron chi connectivity index (χ3n) is 2.46. The summed E-state index contributed by atoms with van der Waals surface area (Å²) in [4.78, 5) is 21.8. The second-order valence-electron chi connectivity index (χ2n) is 3.86. The molecule has 0 bridgehead atoms. The molecule has 2 rings (SSSR count). The fourth-order valence-electron chi connectivity index (χ4n) is 1.45. The van der Waals surface area contributed by atoms with Gasteiger partial charge in [0.15, 0.2) is 5.82 Å². The van der Waals surface area contributed by atoms with Gasteiger partial charge in [-0.05, 0) is 16.5 Å². The Morgan fingerprint density at radius 2 is 2.30 bits per heavy atom. The average Bonchev–Trinajstić information content (AvgIpc) is 2.77. The summed E-state index contributed by atoms with van der Waals surface area (Å²) in [6.45, 7) is 0. The van der Waals surface area contributed by atoms with Crippen molar-refractivity contribution in [2.45, 2.75) is 6.42 Å². The third-order valence-corrected chi connectivity index (χ3v) is 2.78. The van der Waals surface area contributed by atoms with Crippen LogP contribution in [-0.2, 0) is 18.3 Å². The molecule has 1 N–H and O–H groups in total. The minimum absolute atomic E-state index is 0.0309. The van der Waals surface area contributed by atoms with Crippen molar-refractivity contribution in [3.8, 4) is 0 Å². The number of nitrogens with zero attached hydrogens (tertiary/aromatic N) is 5. The fourth-order valence-corrected chi connectivity index (χ4v) is 1.68.